The molecule has 0 atom stereocenters. The number of rotatable bonds is 4. The quantitative estimate of drug-likeness (QED) is 0.877. The molecular formula is C13H21N3OS. The Labute approximate surface area is 112 Å². The van der Waals surface area contributed by atoms with Gasteiger partial charge in [-0.1, -0.05) is 19.3 Å². The molecule has 1 amide bonds. The molecule has 1 saturated carbocycles. The summed E-state index contributed by atoms with van der Waals surface area (Å²) < 4.78 is 0. The smallest absolute Gasteiger partial charge is 0.263 e. The number of carbonyl (C=O) groups is 1. The normalized spacial score (nSPS) is 16.8. The third-order valence-corrected chi connectivity index (χ3v) is 4.56. The minimum Gasteiger partial charge on any atom is -0.349 e. The molecule has 0 saturated heterocycles. The van der Waals surface area contributed by atoms with Crippen molar-refractivity contribution >= 4 is 17.2 Å². The van der Waals surface area contributed by atoms with E-state index < -0.39 is 0 Å². The maximum Gasteiger partial charge on any atom is 0.263 e. The van der Waals surface area contributed by atoms with Crippen molar-refractivity contribution in [3.8, 4) is 0 Å². The van der Waals surface area contributed by atoms with Crippen molar-refractivity contribution in [3.05, 3.63) is 15.6 Å². The van der Waals surface area contributed by atoms with E-state index in [1.54, 1.807) is 0 Å². The van der Waals surface area contributed by atoms with Gasteiger partial charge < -0.3 is 11.1 Å². The average Bonchev–Trinajstić information content (AvgIpc) is 2.72. The summed E-state index contributed by atoms with van der Waals surface area (Å²) >= 11 is 1.48. The van der Waals surface area contributed by atoms with Crippen LogP contribution in [0, 0.1) is 6.92 Å². The van der Waals surface area contributed by atoms with Crippen LogP contribution in [0.15, 0.2) is 0 Å². The molecule has 18 heavy (non-hydrogen) atoms. The number of amides is 1. The summed E-state index contributed by atoms with van der Waals surface area (Å²) in [7, 11) is 0. The third kappa shape index (κ3) is 3.29. The number of nitrogens with two attached hydrogens (primary N) is 1. The molecule has 1 aliphatic rings. The van der Waals surface area contributed by atoms with Crippen LogP contribution in [0.25, 0.3) is 0 Å². The summed E-state index contributed by atoms with van der Waals surface area (Å²) in [5.41, 5.74) is 6.34. The third-order valence-electron chi connectivity index (χ3n) is 3.35. The average molecular weight is 267 g/mol. The highest BCUT2D eigenvalue weighted by Crippen LogP contribution is 2.21. The second-order valence-corrected chi connectivity index (χ2v) is 5.95. The molecule has 3 N–H and O–H groups in total. The molecule has 2 rings (SSSR count). The van der Waals surface area contributed by atoms with Crippen LogP contribution in [-0.4, -0.2) is 23.5 Å². The van der Waals surface area contributed by atoms with Gasteiger partial charge in [0.2, 0.25) is 0 Å². The lowest BCUT2D eigenvalue weighted by atomic mass is 9.95. The maximum absolute atomic E-state index is 12.2. The van der Waals surface area contributed by atoms with Crippen molar-refractivity contribution in [1.82, 2.24) is 10.3 Å². The Morgan fingerprint density at radius 2 is 2.17 bits per heavy atom. The molecule has 0 aliphatic heterocycles. The Kier molecular flexibility index (Phi) is 4.72. The summed E-state index contributed by atoms with van der Waals surface area (Å²) in [5.74, 6) is 0.0418. The molecular weight excluding hydrogens is 246 g/mol. The van der Waals surface area contributed by atoms with Crippen LogP contribution in [0.5, 0.6) is 0 Å². The first kappa shape index (κ1) is 13.5. The molecule has 4 nitrogen and oxygen atoms in total. The minimum absolute atomic E-state index is 0.0418. The fourth-order valence-electron chi connectivity index (χ4n) is 2.39. The van der Waals surface area contributed by atoms with Gasteiger partial charge in [0.15, 0.2) is 0 Å². The minimum atomic E-state index is 0.0418. The lowest BCUT2D eigenvalue weighted by molar-refractivity contribution is 0.0931. The second kappa shape index (κ2) is 6.29. The topological polar surface area (TPSA) is 68.0 Å². The summed E-state index contributed by atoms with van der Waals surface area (Å²) in [6.45, 7) is 2.48. The van der Waals surface area contributed by atoms with Crippen LogP contribution < -0.4 is 11.1 Å². The Bertz CT molecular complexity index is 410. The van der Waals surface area contributed by atoms with E-state index in [1.807, 2.05) is 6.92 Å². The van der Waals surface area contributed by atoms with Gasteiger partial charge in [0, 0.05) is 12.5 Å². The van der Waals surface area contributed by atoms with Crippen molar-refractivity contribution in [2.75, 3.05) is 6.54 Å². The molecule has 0 radical (unpaired) electrons. The van der Waals surface area contributed by atoms with E-state index in [2.05, 4.69) is 10.3 Å². The van der Waals surface area contributed by atoms with E-state index in [9.17, 15) is 4.79 Å². The molecule has 1 aromatic rings. The lowest BCUT2D eigenvalue weighted by Crippen LogP contribution is -2.36. The lowest BCUT2D eigenvalue weighted by Gasteiger charge is -2.22. The predicted octanol–water partition coefficient (Wildman–Crippen LogP) is 2.02. The van der Waals surface area contributed by atoms with Crippen molar-refractivity contribution in [2.45, 2.75) is 51.5 Å². The summed E-state index contributed by atoms with van der Waals surface area (Å²) in [6, 6.07) is 0.353. The van der Waals surface area contributed by atoms with Gasteiger partial charge in [-0.15, -0.1) is 11.3 Å². The van der Waals surface area contributed by atoms with Crippen LogP contribution >= 0.6 is 11.3 Å². The highest BCUT2D eigenvalue weighted by atomic mass is 32.1. The van der Waals surface area contributed by atoms with Gasteiger partial charge >= 0.3 is 0 Å². The number of aromatic nitrogens is 1. The first-order valence-electron chi connectivity index (χ1n) is 6.68. The molecule has 1 aliphatic carbocycles. The summed E-state index contributed by atoms with van der Waals surface area (Å²) in [6.07, 6.45) is 6.73. The van der Waals surface area contributed by atoms with E-state index in [4.69, 9.17) is 5.73 Å². The van der Waals surface area contributed by atoms with Gasteiger partial charge in [-0.05, 0) is 26.3 Å². The Morgan fingerprint density at radius 1 is 1.44 bits per heavy atom. The van der Waals surface area contributed by atoms with E-state index in [0.29, 0.717) is 12.6 Å². The van der Waals surface area contributed by atoms with Crippen LogP contribution in [0.3, 0.4) is 0 Å². The molecule has 1 fully saturated rings. The predicted molar refractivity (Wildman–Crippen MR) is 73.9 cm³/mol. The first-order chi connectivity index (χ1) is 8.70. The standard InChI is InChI=1S/C13H21N3OS/c1-9-12(18-11(15-9)7-8-14)13(17)16-10-5-3-2-4-6-10/h10H,2-8,14H2,1H3,(H,16,17). The van der Waals surface area contributed by atoms with Gasteiger partial charge in [-0.25, -0.2) is 4.98 Å². The first-order valence-corrected chi connectivity index (χ1v) is 7.49. The highest BCUT2D eigenvalue weighted by molar-refractivity contribution is 7.13. The Morgan fingerprint density at radius 3 is 2.83 bits per heavy atom. The van der Waals surface area contributed by atoms with Crippen LogP contribution in [0.4, 0.5) is 0 Å². The van der Waals surface area contributed by atoms with Gasteiger partial charge in [-0.2, -0.15) is 0 Å². The highest BCUT2D eigenvalue weighted by Gasteiger charge is 2.20. The number of nitrogens with zero attached hydrogens (tertiary/aromatic N) is 1. The zero-order valence-corrected chi connectivity index (χ0v) is 11.7. The van der Waals surface area contributed by atoms with E-state index in [0.717, 1.165) is 34.8 Å². The number of carbonyl (C=O) groups excluding carboxylic acids is 1. The molecule has 1 aromatic heterocycles. The van der Waals surface area contributed by atoms with E-state index in [-0.39, 0.29) is 5.91 Å². The largest absolute Gasteiger partial charge is 0.349 e. The molecule has 1 heterocycles. The number of thiazole rings is 1. The molecule has 0 bridgehead atoms. The van der Waals surface area contributed by atoms with Crippen molar-refractivity contribution < 1.29 is 4.79 Å². The monoisotopic (exact) mass is 267 g/mol. The van der Waals surface area contributed by atoms with Crippen molar-refractivity contribution in [1.29, 1.82) is 0 Å². The van der Waals surface area contributed by atoms with E-state index >= 15 is 0 Å². The molecule has 5 heteroatoms. The SMILES string of the molecule is Cc1nc(CCN)sc1C(=O)NC1CCCCC1. The van der Waals surface area contributed by atoms with Crippen molar-refractivity contribution in [2.24, 2.45) is 5.73 Å². The molecule has 0 unspecified atom stereocenters. The molecule has 0 aromatic carbocycles. The number of aryl methyl sites for hydroxylation is 1. The van der Waals surface area contributed by atoms with Crippen LogP contribution in [0.1, 0.15) is 52.5 Å². The Hall–Kier alpha value is -0.940. The summed E-state index contributed by atoms with van der Waals surface area (Å²) in [4.78, 5) is 17.3. The Balaban J connectivity index is 1.99. The van der Waals surface area contributed by atoms with Crippen molar-refractivity contribution in [3.63, 3.8) is 0 Å². The van der Waals surface area contributed by atoms with E-state index in [1.165, 1.54) is 30.6 Å². The molecule has 100 valence electrons. The zero-order valence-electron chi connectivity index (χ0n) is 10.9. The zero-order chi connectivity index (χ0) is 13.0. The van der Waals surface area contributed by atoms with Gasteiger partial charge in [-0.3, -0.25) is 4.79 Å². The van der Waals surface area contributed by atoms with Gasteiger partial charge in [0.1, 0.15) is 4.88 Å². The maximum atomic E-state index is 12.2. The number of hydrogen-bond donors (Lipinski definition) is 2. The summed E-state index contributed by atoms with van der Waals surface area (Å²) in [5, 5.41) is 4.09. The number of hydrogen-bond acceptors (Lipinski definition) is 4. The second-order valence-electron chi connectivity index (χ2n) is 4.87. The number of nitrogens with one attached hydrogen (secondary N) is 1. The molecule has 0 spiro atoms. The fraction of sp³-hybridized carbons (Fsp3) is 0.692. The van der Waals surface area contributed by atoms with Gasteiger partial charge in [0.25, 0.3) is 5.91 Å². The fourth-order valence-corrected chi connectivity index (χ4v) is 3.37. The van der Waals surface area contributed by atoms with Gasteiger partial charge in [0.05, 0.1) is 10.7 Å². The van der Waals surface area contributed by atoms with Crippen LogP contribution in [0.2, 0.25) is 0 Å². The van der Waals surface area contributed by atoms with Crippen LogP contribution in [-0.2, 0) is 6.42 Å².